The second-order valence-corrected chi connectivity index (χ2v) is 14.5. The van der Waals surface area contributed by atoms with Gasteiger partial charge in [0.25, 0.3) is 0 Å². The normalized spacial score (nSPS) is 14.7. The third kappa shape index (κ3) is 14.6. The summed E-state index contributed by atoms with van der Waals surface area (Å²) >= 11 is 0. The van der Waals surface area contributed by atoms with E-state index in [0.29, 0.717) is 37.6 Å². The van der Waals surface area contributed by atoms with E-state index < -0.39 is 41.1 Å². The van der Waals surface area contributed by atoms with Gasteiger partial charge in [0.2, 0.25) is 11.8 Å². The summed E-state index contributed by atoms with van der Waals surface area (Å²) in [6.45, 7) is 17.9. The number of methoxy groups -OCH3 is 2. The Labute approximate surface area is 276 Å². The average molecular weight is 652 g/mol. The monoisotopic (exact) mass is 651 g/mol. The minimum Gasteiger partial charge on any atom is -0.493 e. The number of nitrogens with one attached hydrogen (secondary N) is 2. The first-order valence-corrected chi connectivity index (χ1v) is 16.3. The molecule has 0 saturated heterocycles. The van der Waals surface area contributed by atoms with Crippen molar-refractivity contribution < 1.29 is 38.4 Å². The summed E-state index contributed by atoms with van der Waals surface area (Å²) in [5, 5.41) is 17.4. The van der Waals surface area contributed by atoms with E-state index in [4.69, 9.17) is 24.7 Å². The fourth-order valence-corrected chi connectivity index (χ4v) is 4.97. The maximum atomic E-state index is 13.3. The second kappa shape index (κ2) is 18.9. The lowest BCUT2D eigenvalue weighted by Crippen LogP contribution is -2.49. The number of rotatable bonds is 20. The summed E-state index contributed by atoms with van der Waals surface area (Å²) in [5.41, 5.74) is 4.87. The van der Waals surface area contributed by atoms with Crippen molar-refractivity contribution in [2.24, 2.45) is 34.8 Å². The fraction of sp³-hybridized carbons (Fsp3) is 0.743. The number of hydrogen-bond donors (Lipinski definition) is 4. The number of ether oxygens (including phenoxy) is 4. The van der Waals surface area contributed by atoms with Gasteiger partial charge in [-0.2, -0.15) is 0 Å². The van der Waals surface area contributed by atoms with E-state index in [0.717, 1.165) is 12.0 Å². The standard InChI is InChI=1S/C35H61N3O8/c1-22(2)25(17-24-13-14-29(44-11)30(18-24)45-16-12-15-43-10)19-27(38-33(42)46-34(5,6)7)28(39)20-26(23(3)4)31(40)37-21-35(8,9)32(36)41/h13-14,18,22-23,25-28,39H,12,15-17,19-21H2,1-11H3,(H2,36,41)(H,37,40)(H,38,42)/t25?,26?,27-,28?/m0/s1. The molecule has 0 saturated carbocycles. The molecule has 0 aliphatic carbocycles. The lowest BCUT2D eigenvalue weighted by atomic mass is 9.80. The maximum absolute atomic E-state index is 13.3. The van der Waals surface area contributed by atoms with Gasteiger partial charge in [-0.1, -0.05) is 33.8 Å². The molecule has 0 heterocycles. The van der Waals surface area contributed by atoms with Crippen LogP contribution in [0.25, 0.3) is 0 Å². The lowest BCUT2D eigenvalue weighted by molar-refractivity contribution is -0.130. The summed E-state index contributed by atoms with van der Waals surface area (Å²) in [6.07, 6.45) is 0.261. The lowest BCUT2D eigenvalue weighted by Gasteiger charge is -2.33. The molecular weight excluding hydrogens is 590 g/mol. The average Bonchev–Trinajstić information content (AvgIpc) is 2.94. The highest BCUT2D eigenvalue weighted by Crippen LogP contribution is 2.32. The number of carbonyl (C=O) groups excluding carboxylic acids is 3. The Morgan fingerprint density at radius 3 is 2.11 bits per heavy atom. The smallest absolute Gasteiger partial charge is 0.407 e. The number of hydrogen-bond acceptors (Lipinski definition) is 8. The van der Waals surface area contributed by atoms with Crippen molar-refractivity contribution in [2.45, 2.75) is 106 Å². The number of alkyl carbamates (subject to hydrolysis) is 1. The van der Waals surface area contributed by atoms with Crippen molar-refractivity contribution in [1.29, 1.82) is 0 Å². The summed E-state index contributed by atoms with van der Waals surface area (Å²) in [6, 6.07) is 5.16. The number of aliphatic hydroxyl groups is 1. The topological polar surface area (TPSA) is 158 Å². The number of carbonyl (C=O) groups is 3. The third-order valence-electron chi connectivity index (χ3n) is 8.15. The van der Waals surface area contributed by atoms with Crippen molar-refractivity contribution in [3.63, 3.8) is 0 Å². The van der Waals surface area contributed by atoms with Crippen LogP contribution < -0.4 is 25.8 Å². The summed E-state index contributed by atoms with van der Waals surface area (Å²) < 4.78 is 22.2. The number of nitrogens with two attached hydrogens (primary N) is 1. The first kappa shape index (κ1) is 41.0. The quantitative estimate of drug-likeness (QED) is 0.146. The van der Waals surface area contributed by atoms with Crippen LogP contribution in [0.2, 0.25) is 0 Å². The molecule has 46 heavy (non-hydrogen) atoms. The van der Waals surface area contributed by atoms with Gasteiger partial charge in [-0.25, -0.2) is 4.79 Å². The van der Waals surface area contributed by atoms with Gasteiger partial charge >= 0.3 is 6.09 Å². The summed E-state index contributed by atoms with van der Waals surface area (Å²) in [5.74, 6) is 0.0461. The van der Waals surface area contributed by atoms with E-state index in [1.54, 1.807) is 48.8 Å². The second-order valence-electron chi connectivity index (χ2n) is 14.5. The molecule has 0 spiro atoms. The van der Waals surface area contributed by atoms with Gasteiger partial charge in [-0.3, -0.25) is 9.59 Å². The third-order valence-corrected chi connectivity index (χ3v) is 8.15. The molecule has 11 heteroatoms. The van der Waals surface area contributed by atoms with Crippen LogP contribution in [0.4, 0.5) is 4.79 Å². The van der Waals surface area contributed by atoms with Crippen LogP contribution in [0, 0.1) is 29.1 Å². The van der Waals surface area contributed by atoms with Crippen molar-refractivity contribution in [3.05, 3.63) is 23.8 Å². The number of benzene rings is 1. The van der Waals surface area contributed by atoms with Crippen molar-refractivity contribution >= 4 is 17.9 Å². The molecule has 0 aromatic heterocycles. The fourth-order valence-electron chi connectivity index (χ4n) is 4.97. The molecule has 5 N–H and O–H groups in total. The molecule has 264 valence electrons. The van der Waals surface area contributed by atoms with Gasteiger partial charge in [-0.15, -0.1) is 0 Å². The van der Waals surface area contributed by atoms with Gasteiger partial charge in [-0.05, 0) is 89.3 Å². The highest BCUT2D eigenvalue weighted by atomic mass is 16.6. The molecule has 0 fully saturated rings. The maximum Gasteiger partial charge on any atom is 0.407 e. The molecule has 11 nitrogen and oxygen atoms in total. The SMILES string of the molecule is COCCCOc1cc(CC(C[C@H](NC(=O)OC(C)(C)C)C(O)CC(C(=O)NCC(C)(C)C(N)=O)C(C)C)C(C)C)ccc1OC. The van der Waals surface area contributed by atoms with Crippen LogP contribution in [0.5, 0.6) is 11.5 Å². The van der Waals surface area contributed by atoms with Crippen LogP contribution in [0.15, 0.2) is 18.2 Å². The minimum atomic E-state index is -1.05. The Kier molecular flexibility index (Phi) is 16.9. The van der Waals surface area contributed by atoms with Crippen LogP contribution >= 0.6 is 0 Å². The molecule has 0 bridgehead atoms. The zero-order valence-corrected chi connectivity index (χ0v) is 30.0. The molecule has 1 rings (SSSR count). The summed E-state index contributed by atoms with van der Waals surface area (Å²) in [7, 11) is 3.26. The van der Waals surface area contributed by atoms with E-state index in [1.165, 1.54) is 0 Å². The Morgan fingerprint density at radius 1 is 0.935 bits per heavy atom. The van der Waals surface area contributed by atoms with Crippen LogP contribution in [0.1, 0.15) is 87.1 Å². The van der Waals surface area contributed by atoms with E-state index in [9.17, 15) is 19.5 Å². The number of amides is 3. The molecule has 0 aliphatic heterocycles. The van der Waals surface area contributed by atoms with E-state index >= 15 is 0 Å². The van der Waals surface area contributed by atoms with Crippen LogP contribution in [0.3, 0.4) is 0 Å². The van der Waals surface area contributed by atoms with E-state index in [2.05, 4.69) is 24.5 Å². The zero-order chi connectivity index (χ0) is 35.2. The Bertz CT molecular complexity index is 1100. The van der Waals surface area contributed by atoms with Crippen molar-refractivity contribution in [1.82, 2.24) is 10.6 Å². The Morgan fingerprint density at radius 2 is 1.59 bits per heavy atom. The predicted octanol–water partition coefficient (Wildman–Crippen LogP) is 4.86. The van der Waals surface area contributed by atoms with E-state index in [1.807, 2.05) is 32.0 Å². The first-order valence-electron chi connectivity index (χ1n) is 16.3. The molecule has 0 aliphatic rings. The number of primary amides is 1. The van der Waals surface area contributed by atoms with Crippen LogP contribution in [-0.4, -0.2) is 74.7 Å². The molecule has 4 atom stereocenters. The van der Waals surface area contributed by atoms with E-state index in [-0.39, 0.29) is 36.6 Å². The molecule has 3 amide bonds. The minimum absolute atomic E-state index is 0.0482. The zero-order valence-electron chi connectivity index (χ0n) is 30.0. The highest BCUT2D eigenvalue weighted by Gasteiger charge is 2.34. The van der Waals surface area contributed by atoms with Crippen LogP contribution in [-0.2, 0) is 25.5 Å². The van der Waals surface area contributed by atoms with Gasteiger partial charge in [0.15, 0.2) is 11.5 Å². The first-order chi connectivity index (χ1) is 21.3. The number of aliphatic hydroxyl groups excluding tert-OH is 1. The Hall–Kier alpha value is -3.05. The highest BCUT2D eigenvalue weighted by molar-refractivity contribution is 5.83. The Balaban J connectivity index is 3.26. The molecule has 3 unspecified atom stereocenters. The predicted molar refractivity (Wildman–Crippen MR) is 180 cm³/mol. The van der Waals surface area contributed by atoms with Crippen molar-refractivity contribution in [2.75, 3.05) is 34.0 Å². The summed E-state index contributed by atoms with van der Waals surface area (Å²) in [4.78, 5) is 38.0. The van der Waals surface area contributed by atoms with Gasteiger partial charge in [0.05, 0.1) is 31.3 Å². The van der Waals surface area contributed by atoms with Crippen molar-refractivity contribution in [3.8, 4) is 11.5 Å². The van der Waals surface area contributed by atoms with Gasteiger partial charge in [0.1, 0.15) is 5.60 Å². The molecule has 1 aromatic carbocycles. The molecule has 0 radical (unpaired) electrons. The largest absolute Gasteiger partial charge is 0.493 e. The molecule has 1 aromatic rings. The van der Waals surface area contributed by atoms with Gasteiger partial charge < -0.3 is 40.4 Å². The molecular formula is C35H61N3O8. The van der Waals surface area contributed by atoms with Gasteiger partial charge in [0, 0.05) is 32.6 Å².